The molecule has 0 unspecified atom stereocenters. The molecule has 2 aromatic carbocycles. The van der Waals surface area contributed by atoms with E-state index in [0.717, 1.165) is 22.2 Å². The fraction of sp³-hybridized carbons (Fsp3) is 0.200. The zero-order valence-electron chi connectivity index (χ0n) is 14.6. The van der Waals surface area contributed by atoms with Crippen LogP contribution >= 0.6 is 0 Å². The highest BCUT2D eigenvalue weighted by atomic mass is 16.5. The van der Waals surface area contributed by atoms with Gasteiger partial charge in [0.15, 0.2) is 11.6 Å². The molecule has 2 heterocycles. The van der Waals surface area contributed by atoms with Gasteiger partial charge in [0.2, 0.25) is 0 Å². The quantitative estimate of drug-likeness (QED) is 0.558. The molecule has 0 aliphatic rings. The van der Waals surface area contributed by atoms with Gasteiger partial charge in [-0.2, -0.15) is 0 Å². The van der Waals surface area contributed by atoms with Crippen molar-refractivity contribution in [1.82, 2.24) is 14.6 Å². The normalized spacial score (nSPS) is 11.3. The first-order chi connectivity index (χ1) is 12.8. The zero-order valence-corrected chi connectivity index (χ0v) is 14.6. The third-order valence-electron chi connectivity index (χ3n) is 4.31. The van der Waals surface area contributed by atoms with Crippen molar-refractivity contribution in [1.29, 1.82) is 0 Å². The lowest BCUT2D eigenvalue weighted by Crippen LogP contribution is -2.18. The van der Waals surface area contributed by atoms with Crippen LogP contribution in [0.15, 0.2) is 54.6 Å². The summed E-state index contributed by atoms with van der Waals surface area (Å²) in [7, 11) is 0. The standard InChI is InChI=1S/C20H21N5O/c1-2-26-13-17-24-18-19(15-10-6-7-11-16(15)23-20(18)21)25(17)22-12-14-8-4-3-5-9-14/h3-11,22H,2,12-13H2,1H3,(H2,21,23). The lowest BCUT2D eigenvalue weighted by atomic mass is 10.2. The first-order valence-electron chi connectivity index (χ1n) is 8.69. The predicted octanol–water partition coefficient (Wildman–Crippen LogP) is 3.45. The van der Waals surface area contributed by atoms with E-state index in [9.17, 15) is 0 Å². The van der Waals surface area contributed by atoms with Crippen molar-refractivity contribution in [3.63, 3.8) is 0 Å². The molecule has 0 fully saturated rings. The summed E-state index contributed by atoms with van der Waals surface area (Å²) < 4.78 is 7.59. The first-order valence-corrected chi connectivity index (χ1v) is 8.69. The van der Waals surface area contributed by atoms with Gasteiger partial charge in [-0.15, -0.1) is 0 Å². The van der Waals surface area contributed by atoms with Gasteiger partial charge in [-0.1, -0.05) is 48.5 Å². The van der Waals surface area contributed by atoms with Crippen LogP contribution in [-0.2, 0) is 17.9 Å². The van der Waals surface area contributed by atoms with Gasteiger partial charge in [0, 0.05) is 12.0 Å². The highest BCUT2D eigenvalue weighted by Crippen LogP contribution is 2.28. The molecule has 26 heavy (non-hydrogen) atoms. The Balaban J connectivity index is 1.86. The van der Waals surface area contributed by atoms with Gasteiger partial charge in [0.25, 0.3) is 0 Å². The predicted molar refractivity (Wildman–Crippen MR) is 104 cm³/mol. The van der Waals surface area contributed by atoms with E-state index in [2.05, 4.69) is 22.5 Å². The summed E-state index contributed by atoms with van der Waals surface area (Å²) in [6.45, 7) is 3.66. The van der Waals surface area contributed by atoms with Crippen LogP contribution in [-0.4, -0.2) is 21.3 Å². The van der Waals surface area contributed by atoms with E-state index in [1.54, 1.807) is 0 Å². The number of hydrogen-bond donors (Lipinski definition) is 2. The Kier molecular flexibility index (Phi) is 4.41. The third kappa shape index (κ3) is 2.95. The molecule has 0 atom stereocenters. The first kappa shape index (κ1) is 16.4. The van der Waals surface area contributed by atoms with Gasteiger partial charge < -0.3 is 15.9 Å². The topological polar surface area (TPSA) is 78.0 Å². The molecule has 0 bridgehead atoms. The van der Waals surface area contributed by atoms with Gasteiger partial charge >= 0.3 is 0 Å². The number of pyridine rings is 1. The molecule has 6 nitrogen and oxygen atoms in total. The van der Waals surface area contributed by atoms with Crippen LogP contribution in [0.4, 0.5) is 5.82 Å². The maximum absolute atomic E-state index is 6.18. The van der Waals surface area contributed by atoms with Crippen LogP contribution in [0.1, 0.15) is 18.3 Å². The van der Waals surface area contributed by atoms with Gasteiger partial charge in [-0.3, -0.25) is 0 Å². The van der Waals surface area contributed by atoms with Gasteiger partial charge in [-0.05, 0) is 18.6 Å². The van der Waals surface area contributed by atoms with Crippen LogP contribution in [0.3, 0.4) is 0 Å². The average Bonchev–Trinajstić information content (AvgIpc) is 3.05. The molecule has 4 aromatic rings. The Morgan fingerprint density at radius 1 is 1.04 bits per heavy atom. The number of nitrogens with one attached hydrogen (secondary N) is 1. The summed E-state index contributed by atoms with van der Waals surface area (Å²) in [6, 6.07) is 18.2. The lowest BCUT2D eigenvalue weighted by Gasteiger charge is -2.13. The van der Waals surface area contributed by atoms with Crippen molar-refractivity contribution in [2.75, 3.05) is 17.8 Å². The van der Waals surface area contributed by atoms with E-state index in [1.807, 2.05) is 54.1 Å². The van der Waals surface area contributed by atoms with E-state index in [0.29, 0.717) is 31.1 Å². The number of nitrogen functional groups attached to an aromatic ring is 1. The average molecular weight is 347 g/mol. The molecule has 0 spiro atoms. The maximum Gasteiger partial charge on any atom is 0.154 e. The molecule has 0 saturated heterocycles. The van der Waals surface area contributed by atoms with E-state index in [-0.39, 0.29) is 0 Å². The molecular formula is C20H21N5O. The Labute approximate surface area is 151 Å². The molecule has 0 aliphatic heterocycles. The number of imidazole rings is 1. The number of nitrogens with zero attached hydrogens (tertiary/aromatic N) is 3. The summed E-state index contributed by atoms with van der Waals surface area (Å²) in [4.78, 5) is 9.19. The fourth-order valence-corrected chi connectivity index (χ4v) is 3.07. The van der Waals surface area contributed by atoms with Crippen LogP contribution in [0.2, 0.25) is 0 Å². The fourth-order valence-electron chi connectivity index (χ4n) is 3.07. The minimum atomic E-state index is 0.404. The van der Waals surface area contributed by atoms with E-state index in [1.165, 1.54) is 5.56 Å². The summed E-state index contributed by atoms with van der Waals surface area (Å²) in [5, 5.41) is 1.01. The van der Waals surface area contributed by atoms with Crippen molar-refractivity contribution >= 4 is 27.8 Å². The van der Waals surface area contributed by atoms with Crippen LogP contribution in [0.25, 0.3) is 21.9 Å². The molecular weight excluding hydrogens is 326 g/mol. The zero-order chi connectivity index (χ0) is 17.9. The van der Waals surface area contributed by atoms with Gasteiger partial charge in [0.1, 0.15) is 17.6 Å². The number of benzene rings is 2. The number of para-hydroxylation sites is 1. The molecule has 6 heteroatoms. The van der Waals surface area contributed by atoms with Gasteiger partial charge in [-0.25, -0.2) is 14.6 Å². The number of nitrogens with two attached hydrogens (primary N) is 1. The number of anilines is 1. The lowest BCUT2D eigenvalue weighted by molar-refractivity contribution is 0.127. The summed E-state index contributed by atoms with van der Waals surface area (Å²) in [6.07, 6.45) is 0. The van der Waals surface area contributed by atoms with Crippen LogP contribution < -0.4 is 11.2 Å². The smallest absolute Gasteiger partial charge is 0.154 e. The maximum atomic E-state index is 6.18. The van der Waals surface area contributed by atoms with Crippen LogP contribution in [0, 0.1) is 0 Å². The summed E-state index contributed by atoms with van der Waals surface area (Å²) in [5.74, 6) is 1.21. The molecule has 0 radical (unpaired) electrons. The Morgan fingerprint density at radius 3 is 2.62 bits per heavy atom. The highest BCUT2D eigenvalue weighted by Gasteiger charge is 2.17. The largest absolute Gasteiger partial charge is 0.382 e. The van der Waals surface area contributed by atoms with Crippen molar-refractivity contribution < 1.29 is 4.74 Å². The number of fused-ring (bicyclic) bond motifs is 3. The number of aromatic nitrogens is 3. The minimum Gasteiger partial charge on any atom is -0.382 e. The molecule has 2 aromatic heterocycles. The Bertz CT molecular complexity index is 1040. The molecule has 0 aliphatic carbocycles. The molecule has 0 amide bonds. The second-order valence-electron chi connectivity index (χ2n) is 6.03. The monoisotopic (exact) mass is 347 g/mol. The molecule has 3 N–H and O–H groups in total. The SMILES string of the molecule is CCOCc1nc2c(N)nc3ccccc3c2n1NCc1ccccc1. The number of rotatable bonds is 6. The van der Waals surface area contributed by atoms with Crippen molar-refractivity contribution in [2.24, 2.45) is 0 Å². The van der Waals surface area contributed by atoms with Crippen molar-refractivity contribution in [2.45, 2.75) is 20.1 Å². The van der Waals surface area contributed by atoms with Gasteiger partial charge in [0.05, 0.1) is 12.1 Å². The molecule has 0 saturated carbocycles. The van der Waals surface area contributed by atoms with E-state index < -0.39 is 0 Å². The van der Waals surface area contributed by atoms with Crippen molar-refractivity contribution in [3.05, 3.63) is 66.0 Å². The minimum absolute atomic E-state index is 0.404. The Morgan fingerprint density at radius 2 is 1.81 bits per heavy atom. The third-order valence-corrected chi connectivity index (χ3v) is 4.31. The summed E-state index contributed by atoms with van der Waals surface area (Å²) >= 11 is 0. The highest BCUT2D eigenvalue weighted by molar-refractivity contribution is 6.06. The molecule has 4 rings (SSSR count). The Hall–Kier alpha value is -3.12. The summed E-state index contributed by atoms with van der Waals surface area (Å²) in [5.41, 5.74) is 13.3. The molecule has 132 valence electrons. The van der Waals surface area contributed by atoms with Crippen molar-refractivity contribution in [3.8, 4) is 0 Å². The number of hydrogen-bond acceptors (Lipinski definition) is 5. The second-order valence-corrected chi connectivity index (χ2v) is 6.03. The van der Waals surface area contributed by atoms with Crippen LogP contribution in [0.5, 0.6) is 0 Å². The van der Waals surface area contributed by atoms with E-state index >= 15 is 0 Å². The number of ether oxygens (including phenoxy) is 1. The second kappa shape index (κ2) is 7.01. The van der Waals surface area contributed by atoms with E-state index in [4.69, 9.17) is 15.5 Å².